The molecular weight excluding hydrogens is 408 g/mol. The molecule has 33 heavy (non-hydrogen) atoms. The molecule has 0 radical (unpaired) electrons. The number of aromatic amines is 1. The van der Waals surface area contributed by atoms with Gasteiger partial charge in [0.05, 0.1) is 5.69 Å². The van der Waals surface area contributed by atoms with Gasteiger partial charge >= 0.3 is 0 Å². The summed E-state index contributed by atoms with van der Waals surface area (Å²) in [6.07, 6.45) is 1.92. The Bertz CT molecular complexity index is 1200. The highest BCUT2D eigenvalue weighted by Gasteiger charge is 2.15. The van der Waals surface area contributed by atoms with E-state index in [4.69, 9.17) is 0 Å². The van der Waals surface area contributed by atoms with Crippen molar-refractivity contribution in [2.24, 2.45) is 0 Å². The quantitative estimate of drug-likeness (QED) is 0.463. The first-order valence-electron chi connectivity index (χ1n) is 11.9. The van der Waals surface area contributed by atoms with Gasteiger partial charge in [-0.15, -0.1) is 0 Å². The molecule has 2 aromatic carbocycles. The molecule has 6 heteroatoms. The Morgan fingerprint density at radius 3 is 2.18 bits per heavy atom. The van der Waals surface area contributed by atoms with Crippen molar-refractivity contribution in [2.75, 3.05) is 56.1 Å². The summed E-state index contributed by atoms with van der Waals surface area (Å²) >= 11 is 0. The maximum Gasteiger partial charge on any atom is 0.181 e. The van der Waals surface area contributed by atoms with E-state index in [1.165, 1.54) is 16.9 Å². The molecule has 1 aliphatic rings. The fourth-order valence-electron chi connectivity index (χ4n) is 4.63. The second-order valence-corrected chi connectivity index (χ2v) is 8.75. The Labute approximate surface area is 195 Å². The second kappa shape index (κ2) is 9.24. The van der Waals surface area contributed by atoms with Crippen LogP contribution in [0, 0.1) is 0 Å². The Morgan fingerprint density at radius 1 is 0.848 bits per heavy atom. The maximum atomic E-state index is 4.63. The van der Waals surface area contributed by atoms with Gasteiger partial charge in [-0.2, -0.15) is 5.10 Å². The topological polar surface area (TPSA) is 51.3 Å². The van der Waals surface area contributed by atoms with E-state index >= 15 is 0 Å². The summed E-state index contributed by atoms with van der Waals surface area (Å²) in [5.41, 5.74) is 7.69. The van der Waals surface area contributed by atoms with Crippen molar-refractivity contribution < 1.29 is 0 Å². The van der Waals surface area contributed by atoms with E-state index in [0.717, 1.165) is 67.1 Å². The highest BCUT2D eigenvalue weighted by atomic mass is 15.2. The molecule has 1 aliphatic heterocycles. The van der Waals surface area contributed by atoms with Crippen LogP contribution in [0.15, 0.2) is 60.8 Å². The predicted molar refractivity (Wildman–Crippen MR) is 138 cm³/mol. The van der Waals surface area contributed by atoms with E-state index in [1.54, 1.807) is 0 Å². The number of likely N-dealkylation sites (N-methyl/N-ethyl adjacent to an activating group) is 1. The van der Waals surface area contributed by atoms with Crippen molar-refractivity contribution in [3.63, 3.8) is 0 Å². The monoisotopic (exact) mass is 440 g/mol. The molecule has 0 spiro atoms. The number of rotatable bonds is 6. The number of fused-ring (bicyclic) bond motifs is 1. The first-order valence-corrected chi connectivity index (χ1v) is 11.9. The summed E-state index contributed by atoms with van der Waals surface area (Å²) in [6, 6.07) is 19.8. The molecule has 0 bridgehead atoms. The number of piperazine rings is 1. The summed E-state index contributed by atoms with van der Waals surface area (Å²) in [6.45, 7) is 10.8. The summed E-state index contributed by atoms with van der Waals surface area (Å²) in [5.74, 6) is 0. The lowest BCUT2D eigenvalue weighted by atomic mass is 10.0. The van der Waals surface area contributed by atoms with Crippen molar-refractivity contribution in [3.8, 4) is 22.4 Å². The van der Waals surface area contributed by atoms with Crippen LogP contribution in [0.4, 0.5) is 11.4 Å². The molecule has 0 atom stereocenters. The average molecular weight is 441 g/mol. The van der Waals surface area contributed by atoms with Gasteiger partial charge in [0.2, 0.25) is 0 Å². The van der Waals surface area contributed by atoms with Gasteiger partial charge in [-0.1, -0.05) is 24.3 Å². The molecular formula is C27H32N6. The summed E-state index contributed by atoms with van der Waals surface area (Å²) < 4.78 is 0. The third-order valence-electron chi connectivity index (χ3n) is 6.76. The van der Waals surface area contributed by atoms with Crippen molar-refractivity contribution >= 4 is 22.4 Å². The van der Waals surface area contributed by atoms with Crippen LogP contribution in [0.2, 0.25) is 0 Å². The van der Waals surface area contributed by atoms with Crippen LogP contribution >= 0.6 is 0 Å². The van der Waals surface area contributed by atoms with Crippen LogP contribution in [0.25, 0.3) is 33.4 Å². The number of hydrogen-bond donors (Lipinski definition) is 1. The number of nitrogens with zero attached hydrogens (tertiary/aromatic N) is 5. The zero-order chi connectivity index (χ0) is 22.8. The molecule has 1 fully saturated rings. The zero-order valence-corrected chi connectivity index (χ0v) is 19.8. The van der Waals surface area contributed by atoms with Crippen molar-refractivity contribution in [1.82, 2.24) is 20.1 Å². The smallest absolute Gasteiger partial charge is 0.181 e. The van der Waals surface area contributed by atoms with Crippen molar-refractivity contribution in [1.29, 1.82) is 0 Å². The van der Waals surface area contributed by atoms with Crippen LogP contribution < -0.4 is 9.80 Å². The molecule has 0 unspecified atom stereocenters. The van der Waals surface area contributed by atoms with E-state index in [0.29, 0.717) is 0 Å². The van der Waals surface area contributed by atoms with E-state index in [1.807, 2.05) is 6.20 Å². The molecule has 2 aromatic heterocycles. The van der Waals surface area contributed by atoms with Crippen LogP contribution in [-0.4, -0.2) is 66.4 Å². The molecule has 1 saturated heterocycles. The normalized spacial score (nSPS) is 14.7. The standard InChI is InChI=1S/C27H32N6/c1-4-32(5-2)23-12-8-21(9-13-23)26-25-18-22(19-28-27(25)30-29-26)20-6-10-24(11-7-20)33-16-14-31(3)15-17-33/h6-13,18-19H,4-5,14-17H2,1-3H3,(H,28,29,30). The third-order valence-corrected chi connectivity index (χ3v) is 6.76. The lowest BCUT2D eigenvalue weighted by Gasteiger charge is -2.34. The predicted octanol–water partition coefficient (Wildman–Crippen LogP) is 4.89. The van der Waals surface area contributed by atoms with E-state index in [2.05, 4.69) is 105 Å². The van der Waals surface area contributed by atoms with Crippen LogP contribution in [0.3, 0.4) is 0 Å². The minimum atomic E-state index is 0.746. The van der Waals surface area contributed by atoms with Gasteiger partial charge in [0.15, 0.2) is 5.65 Å². The number of benzene rings is 2. The number of anilines is 2. The number of pyridine rings is 1. The van der Waals surface area contributed by atoms with Gasteiger partial charge in [0.25, 0.3) is 0 Å². The lowest BCUT2D eigenvalue weighted by Crippen LogP contribution is -2.44. The number of nitrogens with one attached hydrogen (secondary N) is 1. The lowest BCUT2D eigenvalue weighted by molar-refractivity contribution is 0.313. The minimum Gasteiger partial charge on any atom is -0.372 e. The van der Waals surface area contributed by atoms with Gasteiger partial charge in [-0.3, -0.25) is 5.10 Å². The molecule has 0 aliphatic carbocycles. The van der Waals surface area contributed by atoms with E-state index < -0.39 is 0 Å². The fourth-order valence-corrected chi connectivity index (χ4v) is 4.63. The molecule has 1 N–H and O–H groups in total. The van der Waals surface area contributed by atoms with Gasteiger partial charge in [-0.25, -0.2) is 4.98 Å². The molecule has 5 rings (SSSR count). The van der Waals surface area contributed by atoms with Crippen molar-refractivity contribution in [2.45, 2.75) is 13.8 Å². The molecule has 4 aromatic rings. The van der Waals surface area contributed by atoms with Gasteiger partial charge in [0, 0.05) is 73.4 Å². The summed E-state index contributed by atoms with van der Waals surface area (Å²) in [5, 5.41) is 8.70. The Kier molecular flexibility index (Phi) is 6.01. The third kappa shape index (κ3) is 4.31. The number of H-pyrrole nitrogens is 1. The van der Waals surface area contributed by atoms with Gasteiger partial charge < -0.3 is 14.7 Å². The average Bonchev–Trinajstić information content (AvgIpc) is 3.29. The van der Waals surface area contributed by atoms with Crippen molar-refractivity contribution in [3.05, 3.63) is 60.8 Å². The van der Waals surface area contributed by atoms with Crippen LogP contribution in [-0.2, 0) is 0 Å². The number of hydrogen-bond acceptors (Lipinski definition) is 5. The molecule has 6 nitrogen and oxygen atoms in total. The highest BCUT2D eigenvalue weighted by Crippen LogP contribution is 2.31. The second-order valence-electron chi connectivity index (χ2n) is 8.75. The van der Waals surface area contributed by atoms with E-state index in [-0.39, 0.29) is 0 Å². The van der Waals surface area contributed by atoms with Crippen LogP contribution in [0.5, 0.6) is 0 Å². The molecule has 0 amide bonds. The fraction of sp³-hybridized carbons (Fsp3) is 0.333. The van der Waals surface area contributed by atoms with E-state index in [9.17, 15) is 0 Å². The van der Waals surface area contributed by atoms with Gasteiger partial charge in [-0.05, 0) is 56.8 Å². The SMILES string of the molecule is CCN(CC)c1ccc(-c2[nH]nc3ncc(-c4ccc(N5CCN(C)CC5)cc4)cc23)cc1. The van der Waals surface area contributed by atoms with Gasteiger partial charge in [0.1, 0.15) is 0 Å². The summed E-state index contributed by atoms with van der Waals surface area (Å²) in [4.78, 5) is 11.8. The Hall–Kier alpha value is -3.38. The van der Waals surface area contributed by atoms with Crippen LogP contribution in [0.1, 0.15) is 13.8 Å². The maximum absolute atomic E-state index is 4.63. The number of aromatic nitrogens is 3. The molecule has 3 heterocycles. The summed E-state index contributed by atoms with van der Waals surface area (Å²) in [7, 11) is 2.19. The molecule has 0 saturated carbocycles. The molecule has 170 valence electrons. The largest absolute Gasteiger partial charge is 0.372 e. The first-order chi connectivity index (χ1) is 16.2. The Morgan fingerprint density at radius 2 is 1.52 bits per heavy atom. The minimum absolute atomic E-state index is 0.746. The Balaban J connectivity index is 1.41. The highest BCUT2D eigenvalue weighted by molar-refractivity contribution is 5.93. The first kappa shape index (κ1) is 21.5. The zero-order valence-electron chi connectivity index (χ0n) is 19.8.